The van der Waals surface area contributed by atoms with Crippen molar-refractivity contribution < 1.29 is 13.2 Å². The van der Waals surface area contributed by atoms with Crippen LogP contribution in [-0.4, -0.2) is 21.6 Å². The Labute approximate surface area is 113 Å². The molecule has 1 fully saturated rings. The molecule has 0 unspecified atom stereocenters. The van der Waals surface area contributed by atoms with Gasteiger partial charge in [0.25, 0.3) is 10.0 Å². The van der Waals surface area contributed by atoms with Crippen LogP contribution in [0.15, 0.2) is 40.9 Å². The Kier molecular flexibility index (Phi) is 4.57. The maximum absolute atomic E-state index is 12.0. The van der Waals surface area contributed by atoms with Gasteiger partial charge in [0.2, 0.25) is 0 Å². The molecule has 0 spiro atoms. The quantitative estimate of drug-likeness (QED) is 0.821. The Morgan fingerprint density at radius 1 is 1.16 bits per heavy atom. The number of aryl methyl sites for hydroxylation is 1. The van der Waals surface area contributed by atoms with E-state index in [1.165, 1.54) is 0 Å². The number of ether oxygens (including phenoxy) is 1. The minimum atomic E-state index is -3.51. The predicted octanol–water partition coefficient (Wildman–Crippen LogP) is 1.47. The summed E-state index contributed by atoms with van der Waals surface area (Å²) in [4.78, 5) is 2.59. The third-order valence-electron chi connectivity index (χ3n) is 2.94. The average molecular weight is 282 g/mol. The molecule has 104 valence electrons. The molecule has 1 aromatic rings. The van der Waals surface area contributed by atoms with Gasteiger partial charge in [0.1, 0.15) is 0 Å². The molecule has 5 nitrogen and oxygen atoms in total. The van der Waals surface area contributed by atoms with Gasteiger partial charge in [-0.2, -0.15) is 0 Å². The monoisotopic (exact) mass is 282 g/mol. The van der Waals surface area contributed by atoms with Gasteiger partial charge in [-0.3, -0.25) is 0 Å². The lowest BCUT2D eigenvalue weighted by Crippen LogP contribution is -2.34. The van der Waals surface area contributed by atoms with E-state index in [1.54, 1.807) is 30.5 Å². The van der Waals surface area contributed by atoms with Gasteiger partial charge in [0, 0.05) is 6.20 Å². The summed E-state index contributed by atoms with van der Waals surface area (Å²) in [6.45, 7) is 3.30. The zero-order chi connectivity index (χ0) is 13.7. The molecule has 0 aromatic heterocycles. The Bertz CT molecular complexity index is 542. The number of sulfonamides is 1. The van der Waals surface area contributed by atoms with Crippen LogP contribution in [0.2, 0.25) is 0 Å². The highest BCUT2D eigenvalue weighted by molar-refractivity contribution is 7.89. The van der Waals surface area contributed by atoms with E-state index >= 15 is 0 Å². The summed E-state index contributed by atoms with van der Waals surface area (Å²) in [6.07, 6.45) is 3.37. The molecular weight excluding hydrogens is 264 g/mol. The molecule has 19 heavy (non-hydrogen) atoms. The third kappa shape index (κ3) is 4.05. The van der Waals surface area contributed by atoms with Crippen LogP contribution in [0.1, 0.15) is 18.4 Å². The standard InChI is InChI=1S/C13H18N2O3S/c1-11-2-4-13(5-3-11)19(16,17)15-14-10-12-6-8-18-9-7-12/h2-5,10,14-15H,6-9H2,1H3. The third-order valence-corrected chi connectivity index (χ3v) is 4.22. The largest absolute Gasteiger partial charge is 0.381 e. The lowest BCUT2D eigenvalue weighted by atomic mass is 10.1. The van der Waals surface area contributed by atoms with Crippen LogP contribution < -0.4 is 10.3 Å². The lowest BCUT2D eigenvalue weighted by molar-refractivity contribution is 0.119. The van der Waals surface area contributed by atoms with Crippen LogP contribution >= 0.6 is 0 Å². The maximum atomic E-state index is 12.0. The minimum absolute atomic E-state index is 0.246. The molecule has 6 heteroatoms. The van der Waals surface area contributed by atoms with Gasteiger partial charge in [-0.1, -0.05) is 17.7 Å². The van der Waals surface area contributed by atoms with Crippen LogP contribution in [0.4, 0.5) is 0 Å². The molecular formula is C13H18N2O3S. The highest BCUT2D eigenvalue weighted by atomic mass is 32.2. The van der Waals surface area contributed by atoms with Gasteiger partial charge in [-0.05, 0) is 37.5 Å². The summed E-state index contributed by atoms with van der Waals surface area (Å²) in [6, 6.07) is 6.71. The summed E-state index contributed by atoms with van der Waals surface area (Å²) < 4.78 is 29.1. The Morgan fingerprint density at radius 2 is 1.79 bits per heavy atom. The van der Waals surface area contributed by atoms with Crippen molar-refractivity contribution in [2.45, 2.75) is 24.7 Å². The second-order valence-electron chi connectivity index (χ2n) is 4.48. The van der Waals surface area contributed by atoms with E-state index in [-0.39, 0.29) is 4.90 Å². The van der Waals surface area contributed by atoms with Crippen LogP contribution in [0, 0.1) is 6.92 Å². The zero-order valence-corrected chi connectivity index (χ0v) is 11.7. The van der Waals surface area contributed by atoms with Gasteiger partial charge in [0.05, 0.1) is 18.1 Å². The SMILES string of the molecule is Cc1ccc(S(=O)(=O)NNC=C2CCOCC2)cc1. The fourth-order valence-electron chi connectivity index (χ4n) is 1.76. The van der Waals surface area contributed by atoms with Crippen molar-refractivity contribution in [2.75, 3.05) is 13.2 Å². The van der Waals surface area contributed by atoms with Gasteiger partial charge in [0.15, 0.2) is 0 Å². The highest BCUT2D eigenvalue weighted by Gasteiger charge is 2.12. The number of benzene rings is 1. The topological polar surface area (TPSA) is 67.4 Å². The molecule has 1 aromatic carbocycles. The molecule has 1 aliphatic heterocycles. The Balaban J connectivity index is 1.96. The molecule has 2 rings (SSSR count). The molecule has 1 heterocycles. The van der Waals surface area contributed by atoms with E-state index in [9.17, 15) is 8.42 Å². The smallest absolute Gasteiger partial charge is 0.257 e. The first-order valence-corrected chi connectivity index (χ1v) is 7.66. The molecule has 0 amide bonds. The van der Waals surface area contributed by atoms with E-state index in [4.69, 9.17) is 4.74 Å². The molecule has 1 saturated heterocycles. The molecule has 0 bridgehead atoms. The Hall–Kier alpha value is -1.37. The molecule has 0 atom stereocenters. The van der Waals surface area contributed by atoms with E-state index in [1.807, 2.05) is 6.92 Å². The van der Waals surface area contributed by atoms with Gasteiger partial charge >= 0.3 is 0 Å². The Morgan fingerprint density at radius 3 is 2.42 bits per heavy atom. The second kappa shape index (κ2) is 6.18. The van der Waals surface area contributed by atoms with Crippen molar-refractivity contribution in [1.29, 1.82) is 0 Å². The molecule has 2 N–H and O–H groups in total. The van der Waals surface area contributed by atoms with Crippen molar-refractivity contribution in [3.8, 4) is 0 Å². The molecule has 1 aliphatic rings. The van der Waals surface area contributed by atoms with Crippen molar-refractivity contribution in [1.82, 2.24) is 10.3 Å². The van der Waals surface area contributed by atoms with Gasteiger partial charge in [-0.15, -0.1) is 4.83 Å². The molecule has 0 aliphatic carbocycles. The van der Waals surface area contributed by atoms with Crippen LogP contribution in [0.25, 0.3) is 0 Å². The summed E-state index contributed by atoms with van der Waals surface area (Å²) >= 11 is 0. The highest BCUT2D eigenvalue weighted by Crippen LogP contribution is 2.12. The predicted molar refractivity (Wildman–Crippen MR) is 72.8 cm³/mol. The summed E-state index contributed by atoms with van der Waals surface area (Å²) in [5, 5.41) is 0. The summed E-state index contributed by atoms with van der Waals surface area (Å²) in [5.74, 6) is 0. The number of hydrazine groups is 1. The van der Waals surface area contributed by atoms with E-state index in [0.717, 1.165) is 24.0 Å². The van der Waals surface area contributed by atoms with Crippen molar-refractivity contribution in [3.63, 3.8) is 0 Å². The number of hydrogen-bond acceptors (Lipinski definition) is 4. The number of hydrogen-bond donors (Lipinski definition) is 2. The van der Waals surface area contributed by atoms with Gasteiger partial charge < -0.3 is 10.2 Å². The maximum Gasteiger partial charge on any atom is 0.257 e. The lowest BCUT2D eigenvalue weighted by Gasteiger charge is -2.15. The van der Waals surface area contributed by atoms with E-state index < -0.39 is 10.0 Å². The minimum Gasteiger partial charge on any atom is -0.381 e. The first kappa shape index (κ1) is 14.0. The van der Waals surface area contributed by atoms with Crippen LogP contribution in [0.5, 0.6) is 0 Å². The van der Waals surface area contributed by atoms with Crippen LogP contribution in [0.3, 0.4) is 0 Å². The van der Waals surface area contributed by atoms with Crippen LogP contribution in [-0.2, 0) is 14.8 Å². The van der Waals surface area contributed by atoms with Gasteiger partial charge in [-0.25, -0.2) is 8.42 Å². The molecule has 0 saturated carbocycles. The fraction of sp³-hybridized carbons (Fsp3) is 0.385. The molecule has 0 radical (unpaired) electrons. The average Bonchev–Trinajstić information content (AvgIpc) is 2.40. The number of rotatable bonds is 4. The van der Waals surface area contributed by atoms with Crippen molar-refractivity contribution >= 4 is 10.0 Å². The zero-order valence-electron chi connectivity index (χ0n) is 10.8. The summed E-state index contributed by atoms with van der Waals surface area (Å²) in [5.41, 5.74) is 4.83. The first-order valence-electron chi connectivity index (χ1n) is 6.17. The number of nitrogens with one attached hydrogen (secondary N) is 2. The summed E-state index contributed by atoms with van der Waals surface area (Å²) in [7, 11) is -3.51. The second-order valence-corrected chi connectivity index (χ2v) is 6.16. The van der Waals surface area contributed by atoms with Crippen molar-refractivity contribution in [2.24, 2.45) is 0 Å². The van der Waals surface area contributed by atoms with E-state index in [2.05, 4.69) is 10.3 Å². The first-order chi connectivity index (χ1) is 9.08. The normalized spacial score (nSPS) is 16.2. The van der Waals surface area contributed by atoms with E-state index in [0.29, 0.717) is 13.2 Å². The van der Waals surface area contributed by atoms with Crippen molar-refractivity contribution in [3.05, 3.63) is 41.6 Å². The fourth-order valence-corrected chi connectivity index (χ4v) is 2.59.